The van der Waals surface area contributed by atoms with Crippen LogP contribution in [0.2, 0.25) is 0 Å². The van der Waals surface area contributed by atoms with Crippen LogP contribution in [0.25, 0.3) is 0 Å². The summed E-state index contributed by atoms with van der Waals surface area (Å²) in [6.07, 6.45) is 0. The van der Waals surface area contributed by atoms with Gasteiger partial charge in [-0.3, -0.25) is 0 Å². The quantitative estimate of drug-likeness (QED) is 0.744. The van der Waals surface area contributed by atoms with Crippen LogP contribution in [0.15, 0.2) is 16.5 Å². The van der Waals surface area contributed by atoms with E-state index in [2.05, 4.69) is 72.1 Å². The van der Waals surface area contributed by atoms with Crippen LogP contribution >= 0.6 is 0 Å². The van der Waals surface area contributed by atoms with Gasteiger partial charge in [-0.2, -0.15) is 0 Å². The van der Waals surface area contributed by atoms with Crippen LogP contribution in [0.1, 0.15) is 66.9 Å². The zero-order valence-electron chi connectivity index (χ0n) is 13.9. The summed E-state index contributed by atoms with van der Waals surface area (Å²) in [5, 5.41) is 1.27. The molecule has 1 rings (SSSR count). The molecule has 0 aliphatic carbocycles. The summed E-state index contributed by atoms with van der Waals surface area (Å²) >= 11 is 0. The van der Waals surface area contributed by atoms with E-state index >= 15 is 0 Å². The molecule has 0 atom stereocenters. The van der Waals surface area contributed by atoms with Gasteiger partial charge in [0, 0.05) is 23.0 Å². The van der Waals surface area contributed by atoms with Crippen molar-refractivity contribution < 1.29 is 4.42 Å². The van der Waals surface area contributed by atoms with E-state index in [1.807, 2.05) is 0 Å². The Balaban J connectivity index is 3.64. The predicted octanol–water partition coefficient (Wildman–Crippen LogP) is 3.69. The summed E-state index contributed by atoms with van der Waals surface area (Å²) in [5.41, 5.74) is 0.0618. The molecule has 1 aromatic rings. The van der Waals surface area contributed by atoms with Crippen LogP contribution in [-0.4, -0.2) is 13.1 Å². The molecule has 108 valence electrons. The third-order valence-corrected chi connectivity index (χ3v) is 3.38. The van der Waals surface area contributed by atoms with Crippen molar-refractivity contribution in [2.75, 3.05) is 13.1 Å². The second kappa shape index (κ2) is 5.52. The van der Waals surface area contributed by atoms with Gasteiger partial charge in [-0.25, -0.2) is 4.58 Å². The molecular weight excluding hydrogens is 234 g/mol. The fourth-order valence-electron chi connectivity index (χ4n) is 2.00. The maximum atomic E-state index is 6.16. The molecule has 0 unspecified atom stereocenters. The fraction of sp³-hybridized carbons (Fsp3) is 0.706. The largest absolute Gasteiger partial charge is 0.464 e. The first-order chi connectivity index (χ1) is 8.59. The number of nitrogens with zero attached hydrogens (tertiary/aromatic N) is 1. The first-order valence-corrected chi connectivity index (χ1v) is 7.33. The Bertz CT molecular complexity index is 454. The smallest absolute Gasteiger partial charge is 0.206 e. The first-order valence-electron chi connectivity index (χ1n) is 7.33. The minimum atomic E-state index is 0.0309. The average Bonchev–Trinajstić information content (AvgIpc) is 2.28. The van der Waals surface area contributed by atoms with E-state index in [0.29, 0.717) is 0 Å². The van der Waals surface area contributed by atoms with Gasteiger partial charge in [-0.1, -0.05) is 41.5 Å². The minimum absolute atomic E-state index is 0.0309. The van der Waals surface area contributed by atoms with Gasteiger partial charge in [-0.15, -0.1) is 0 Å². The summed E-state index contributed by atoms with van der Waals surface area (Å²) in [5.74, 6) is 2.11. The zero-order valence-corrected chi connectivity index (χ0v) is 13.9. The summed E-state index contributed by atoms with van der Waals surface area (Å²) in [6, 6.07) is 4.39. The Hall–Kier alpha value is -1.05. The molecule has 2 heteroatoms. The molecule has 0 aliphatic heterocycles. The molecule has 0 saturated heterocycles. The highest BCUT2D eigenvalue weighted by molar-refractivity contribution is 5.17. The Labute approximate surface area is 118 Å². The third kappa shape index (κ3) is 3.95. The SMILES string of the molecule is CC[N+](CC)=c1cc(C(C)(C)C)oc(C(C)(C)C)c1. The van der Waals surface area contributed by atoms with Gasteiger partial charge in [0.05, 0.1) is 0 Å². The number of hydrogen-bond donors (Lipinski definition) is 0. The maximum Gasteiger partial charge on any atom is 0.206 e. The lowest BCUT2D eigenvalue weighted by atomic mass is 9.90. The van der Waals surface area contributed by atoms with Gasteiger partial charge < -0.3 is 4.42 Å². The van der Waals surface area contributed by atoms with E-state index in [1.165, 1.54) is 5.36 Å². The average molecular weight is 264 g/mol. The van der Waals surface area contributed by atoms with Crippen LogP contribution < -0.4 is 9.93 Å². The molecule has 0 aromatic carbocycles. The van der Waals surface area contributed by atoms with Gasteiger partial charge >= 0.3 is 0 Å². The van der Waals surface area contributed by atoms with Gasteiger partial charge in [0.1, 0.15) is 24.6 Å². The molecule has 0 N–H and O–H groups in total. The molecule has 1 aromatic heterocycles. The van der Waals surface area contributed by atoms with Gasteiger partial charge in [0.2, 0.25) is 5.36 Å². The second-order valence-corrected chi connectivity index (χ2v) is 7.22. The van der Waals surface area contributed by atoms with Crippen molar-refractivity contribution in [1.82, 2.24) is 4.58 Å². The Morgan fingerprint density at radius 2 is 1.21 bits per heavy atom. The molecule has 19 heavy (non-hydrogen) atoms. The lowest BCUT2D eigenvalue weighted by Gasteiger charge is -2.22. The Morgan fingerprint density at radius 1 is 0.842 bits per heavy atom. The molecule has 0 saturated carbocycles. The first kappa shape index (κ1) is 16.0. The molecule has 0 fully saturated rings. The van der Waals surface area contributed by atoms with Crippen LogP contribution in [0.3, 0.4) is 0 Å². The van der Waals surface area contributed by atoms with Crippen molar-refractivity contribution in [2.45, 2.75) is 66.2 Å². The van der Waals surface area contributed by atoms with Crippen LogP contribution in [0.5, 0.6) is 0 Å². The normalized spacial score (nSPS) is 12.6. The van der Waals surface area contributed by atoms with Gasteiger partial charge in [0.15, 0.2) is 0 Å². The van der Waals surface area contributed by atoms with E-state index in [0.717, 1.165) is 24.6 Å². The third-order valence-electron chi connectivity index (χ3n) is 3.38. The zero-order chi connectivity index (χ0) is 14.8. The molecule has 0 amide bonds. The molecule has 0 spiro atoms. The van der Waals surface area contributed by atoms with Crippen LogP contribution in [0, 0.1) is 0 Å². The minimum Gasteiger partial charge on any atom is -0.464 e. The Kier molecular flexibility index (Phi) is 4.65. The number of rotatable bonds is 2. The summed E-state index contributed by atoms with van der Waals surface area (Å²) < 4.78 is 8.53. The molecule has 0 bridgehead atoms. The highest BCUT2D eigenvalue weighted by Gasteiger charge is 2.24. The highest BCUT2D eigenvalue weighted by Crippen LogP contribution is 2.27. The van der Waals surface area contributed by atoms with Crippen molar-refractivity contribution in [2.24, 2.45) is 0 Å². The summed E-state index contributed by atoms with van der Waals surface area (Å²) in [6.45, 7) is 19.6. The van der Waals surface area contributed by atoms with Crippen molar-refractivity contribution in [3.8, 4) is 0 Å². The van der Waals surface area contributed by atoms with Crippen molar-refractivity contribution in [3.63, 3.8) is 0 Å². The molecule has 1 heterocycles. The second-order valence-electron chi connectivity index (χ2n) is 7.22. The monoisotopic (exact) mass is 264 g/mol. The molecule has 0 radical (unpaired) electrons. The lowest BCUT2D eigenvalue weighted by molar-refractivity contribution is 0.325. The van der Waals surface area contributed by atoms with E-state index in [4.69, 9.17) is 4.42 Å². The highest BCUT2D eigenvalue weighted by atomic mass is 16.3. The molecule has 2 nitrogen and oxygen atoms in total. The molecule has 0 aliphatic rings. The maximum absolute atomic E-state index is 6.16. The summed E-state index contributed by atoms with van der Waals surface area (Å²) in [7, 11) is 0. The predicted molar refractivity (Wildman–Crippen MR) is 82.5 cm³/mol. The van der Waals surface area contributed by atoms with E-state index in [9.17, 15) is 0 Å². The molecular formula is C17H30NO+. The topological polar surface area (TPSA) is 16.1 Å². The van der Waals surface area contributed by atoms with Crippen LogP contribution in [0.4, 0.5) is 0 Å². The van der Waals surface area contributed by atoms with Gasteiger partial charge in [-0.05, 0) is 13.8 Å². The standard InChI is InChI=1S/C17H30NO/c1-9-18(10-2)13-11-14(16(3,4)5)19-15(12-13)17(6,7)8/h11-12H,9-10H2,1-8H3/q+1. The van der Waals surface area contributed by atoms with Crippen molar-refractivity contribution in [1.29, 1.82) is 0 Å². The van der Waals surface area contributed by atoms with E-state index in [-0.39, 0.29) is 10.8 Å². The van der Waals surface area contributed by atoms with Crippen molar-refractivity contribution >= 4 is 0 Å². The number of hydrogen-bond acceptors (Lipinski definition) is 1. The summed E-state index contributed by atoms with van der Waals surface area (Å²) in [4.78, 5) is 0. The van der Waals surface area contributed by atoms with Gasteiger partial charge in [0.25, 0.3) is 0 Å². The lowest BCUT2D eigenvalue weighted by Crippen LogP contribution is -2.32. The Morgan fingerprint density at radius 3 is 1.47 bits per heavy atom. The van der Waals surface area contributed by atoms with E-state index < -0.39 is 0 Å². The van der Waals surface area contributed by atoms with Crippen LogP contribution in [-0.2, 0) is 10.8 Å². The van der Waals surface area contributed by atoms with Crippen molar-refractivity contribution in [3.05, 3.63) is 29.0 Å². The fourth-order valence-corrected chi connectivity index (χ4v) is 2.00. The van der Waals surface area contributed by atoms with E-state index in [1.54, 1.807) is 0 Å².